The number of fused-ring (bicyclic) bond motifs is 1. The number of nitrogens with zero attached hydrogens (tertiary/aromatic N) is 1. The van der Waals surface area contributed by atoms with E-state index in [1.807, 2.05) is 6.26 Å². The summed E-state index contributed by atoms with van der Waals surface area (Å²) in [7, 11) is 0. The van der Waals surface area contributed by atoms with Crippen LogP contribution in [0, 0.1) is 0 Å². The van der Waals surface area contributed by atoms with Gasteiger partial charge in [0, 0.05) is 30.4 Å². The summed E-state index contributed by atoms with van der Waals surface area (Å²) in [4.78, 5) is 2.44. The van der Waals surface area contributed by atoms with Crippen LogP contribution in [0.25, 0.3) is 0 Å². The lowest BCUT2D eigenvalue weighted by atomic mass is 10.0. The first-order valence-electron chi connectivity index (χ1n) is 7.85. The van der Waals surface area contributed by atoms with E-state index in [4.69, 9.17) is 4.42 Å². The molecular weight excluding hydrogens is 260 g/mol. The van der Waals surface area contributed by atoms with E-state index in [1.165, 1.54) is 29.7 Å². The number of hydrogen-bond acceptors (Lipinski definition) is 3. The average Bonchev–Trinajstić information content (AvgIpc) is 2.93. The number of furan rings is 1. The van der Waals surface area contributed by atoms with Gasteiger partial charge in [-0.2, -0.15) is 0 Å². The smallest absolute Gasteiger partial charge is 0.127 e. The molecule has 0 amide bonds. The Hall–Kier alpha value is -1.74. The zero-order valence-electron chi connectivity index (χ0n) is 12.9. The van der Waals surface area contributed by atoms with Gasteiger partial charge in [-0.25, -0.2) is 0 Å². The van der Waals surface area contributed by atoms with Gasteiger partial charge in [0.05, 0.1) is 12.8 Å². The second-order valence-corrected chi connectivity index (χ2v) is 6.06. The monoisotopic (exact) mass is 284 g/mol. The van der Waals surface area contributed by atoms with Gasteiger partial charge in [0.15, 0.2) is 0 Å². The quantitative estimate of drug-likeness (QED) is 0.907. The van der Waals surface area contributed by atoms with Gasteiger partial charge in [0.2, 0.25) is 0 Å². The second-order valence-electron chi connectivity index (χ2n) is 6.06. The maximum Gasteiger partial charge on any atom is 0.127 e. The summed E-state index contributed by atoms with van der Waals surface area (Å²) in [5, 5.41) is 3.47. The van der Waals surface area contributed by atoms with Crippen LogP contribution in [0.4, 0.5) is 5.69 Å². The van der Waals surface area contributed by atoms with Gasteiger partial charge in [-0.15, -0.1) is 0 Å². The number of anilines is 1. The van der Waals surface area contributed by atoms with E-state index in [-0.39, 0.29) is 0 Å². The third-order valence-electron chi connectivity index (χ3n) is 4.08. The van der Waals surface area contributed by atoms with E-state index in [1.54, 1.807) is 0 Å². The van der Waals surface area contributed by atoms with Crippen LogP contribution in [-0.4, -0.2) is 12.6 Å². The van der Waals surface area contributed by atoms with Crippen LogP contribution in [0.15, 0.2) is 41.0 Å². The molecule has 0 unspecified atom stereocenters. The molecule has 1 aromatic heterocycles. The molecule has 112 valence electrons. The third kappa shape index (κ3) is 3.30. The number of benzene rings is 1. The summed E-state index contributed by atoms with van der Waals surface area (Å²) >= 11 is 0. The van der Waals surface area contributed by atoms with Crippen molar-refractivity contribution in [1.82, 2.24) is 5.32 Å². The molecule has 1 aliphatic rings. The topological polar surface area (TPSA) is 28.4 Å². The van der Waals surface area contributed by atoms with E-state index in [0.29, 0.717) is 6.04 Å². The first-order valence-corrected chi connectivity index (χ1v) is 7.85. The fourth-order valence-electron chi connectivity index (χ4n) is 2.93. The fraction of sp³-hybridized carbons (Fsp3) is 0.444. The number of aryl methyl sites for hydroxylation is 1. The van der Waals surface area contributed by atoms with Crippen LogP contribution in [0.5, 0.6) is 0 Å². The van der Waals surface area contributed by atoms with Crippen LogP contribution >= 0.6 is 0 Å². The molecule has 3 nitrogen and oxygen atoms in total. The summed E-state index contributed by atoms with van der Waals surface area (Å²) in [5.74, 6) is 1.08. The highest BCUT2D eigenvalue weighted by atomic mass is 16.3. The number of para-hydroxylation sites is 1. The lowest BCUT2D eigenvalue weighted by Gasteiger charge is -2.30. The minimum absolute atomic E-state index is 0.489. The van der Waals surface area contributed by atoms with Crippen molar-refractivity contribution in [3.63, 3.8) is 0 Å². The van der Waals surface area contributed by atoms with Crippen molar-refractivity contribution in [1.29, 1.82) is 0 Å². The van der Waals surface area contributed by atoms with Crippen molar-refractivity contribution < 1.29 is 4.42 Å². The molecule has 0 aliphatic carbocycles. The molecule has 3 heteroatoms. The predicted molar refractivity (Wildman–Crippen MR) is 86.5 cm³/mol. The SMILES string of the molecule is CC(C)NCc1ccoc1CN1CCCc2ccccc21. The maximum absolute atomic E-state index is 5.73. The molecule has 0 radical (unpaired) electrons. The van der Waals surface area contributed by atoms with Crippen LogP contribution in [0.1, 0.15) is 37.2 Å². The highest BCUT2D eigenvalue weighted by Gasteiger charge is 2.18. The van der Waals surface area contributed by atoms with Gasteiger partial charge in [-0.1, -0.05) is 32.0 Å². The first kappa shape index (κ1) is 14.2. The van der Waals surface area contributed by atoms with Gasteiger partial charge in [-0.05, 0) is 30.5 Å². The summed E-state index contributed by atoms with van der Waals surface area (Å²) < 4.78 is 5.73. The molecule has 3 rings (SSSR count). The van der Waals surface area contributed by atoms with Crippen molar-refractivity contribution >= 4 is 5.69 Å². The van der Waals surface area contributed by atoms with Crippen molar-refractivity contribution in [2.24, 2.45) is 0 Å². The lowest BCUT2D eigenvalue weighted by molar-refractivity contribution is 0.487. The van der Waals surface area contributed by atoms with Crippen molar-refractivity contribution in [3.8, 4) is 0 Å². The zero-order valence-corrected chi connectivity index (χ0v) is 12.9. The van der Waals surface area contributed by atoms with E-state index in [0.717, 1.165) is 25.4 Å². The number of nitrogens with one attached hydrogen (secondary N) is 1. The summed E-state index contributed by atoms with van der Waals surface area (Å²) in [6.07, 6.45) is 4.21. The molecule has 1 aliphatic heterocycles. The minimum atomic E-state index is 0.489. The molecule has 0 atom stereocenters. The van der Waals surface area contributed by atoms with Crippen LogP contribution < -0.4 is 10.2 Å². The van der Waals surface area contributed by atoms with Crippen molar-refractivity contribution in [2.45, 2.75) is 45.8 Å². The standard InChI is InChI=1S/C18H24N2O/c1-14(2)19-12-16-9-11-21-18(16)13-20-10-5-7-15-6-3-4-8-17(15)20/h3-4,6,8-9,11,14,19H,5,7,10,12-13H2,1-2H3. The molecule has 0 fully saturated rings. The molecular formula is C18H24N2O. The summed E-state index contributed by atoms with van der Waals surface area (Å²) in [6.45, 7) is 7.17. The van der Waals surface area contributed by atoms with Crippen molar-refractivity contribution in [3.05, 3.63) is 53.5 Å². The zero-order chi connectivity index (χ0) is 14.7. The molecule has 2 heterocycles. The van der Waals surface area contributed by atoms with Gasteiger partial charge in [0.25, 0.3) is 0 Å². The minimum Gasteiger partial charge on any atom is -0.467 e. The highest BCUT2D eigenvalue weighted by Crippen LogP contribution is 2.28. The van der Waals surface area contributed by atoms with E-state index >= 15 is 0 Å². The maximum atomic E-state index is 5.73. The van der Waals surface area contributed by atoms with Gasteiger partial charge in [-0.3, -0.25) is 0 Å². The fourth-order valence-corrected chi connectivity index (χ4v) is 2.93. The van der Waals surface area contributed by atoms with E-state index in [9.17, 15) is 0 Å². The average molecular weight is 284 g/mol. The molecule has 0 saturated carbocycles. The molecule has 0 bridgehead atoms. The Morgan fingerprint density at radius 2 is 2.10 bits per heavy atom. The van der Waals surface area contributed by atoms with Gasteiger partial charge >= 0.3 is 0 Å². The molecule has 1 N–H and O–H groups in total. The second kappa shape index (κ2) is 6.35. The van der Waals surface area contributed by atoms with Crippen LogP contribution in [0.2, 0.25) is 0 Å². The Balaban J connectivity index is 1.75. The normalized spacial score (nSPS) is 14.5. The summed E-state index contributed by atoms with van der Waals surface area (Å²) in [5.41, 5.74) is 4.09. The number of rotatable bonds is 5. The predicted octanol–water partition coefficient (Wildman–Crippen LogP) is 3.73. The van der Waals surface area contributed by atoms with E-state index < -0.39 is 0 Å². The Morgan fingerprint density at radius 3 is 2.95 bits per heavy atom. The molecule has 2 aromatic rings. The largest absolute Gasteiger partial charge is 0.467 e. The van der Waals surface area contributed by atoms with Crippen LogP contribution in [0.3, 0.4) is 0 Å². The van der Waals surface area contributed by atoms with Crippen LogP contribution in [-0.2, 0) is 19.5 Å². The third-order valence-corrected chi connectivity index (χ3v) is 4.08. The Labute approximate surface area is 127 Å². The first-order chi connectivity index (χ1) is 10.2. The Bertz CT molecular complexity index is 588. The Kier molecular flexibility index (Phi) is 4.30. The van der Waals surface area contributed by atoms with E-state index in [2.05, 4.69) is 54.4 Å². The van der Waals surface area contributed by atoms with Gasteiger partial charge < -0.3 is 14.6 Å². The van der Waals surface area contributed by atoms with Gasteiger partial charge in [0.1, 0.15) is 5.76 Å². The molecule has 0 spiro atoms. The Morgan fingerprint density at radius 1 is 1.24 bits per heavy atom. The van der Waals surface area contributed by atoms with Crippen molar-refractivity contribution in [2.75, 3.05) is 11.4 Å². The lowest BCUT2D eigenvalue weighted by Crippen LogP contribution is -2.29. The molecule has 0 saturated heterocycles. The summed E-state index contributed by atoms with van der Waals surface area (Å²) in [6, 6.07) is 11.3. The highest BCUT2D eigenvalue weighted by molar-refractivity contribution is 5.55. The molecule has 21 heavy (non-hydrogen) atoms. The molecule has 1 aromatic carbocycles. The number of hydrogen-bond donors (Lipinski definition) is 1.